The van der Waals surface area contributed by atoms with Crippen molar-refractivity contribution in [1.29, 1.82) is 0 Å². The Labute approximate surface area is 208 Å². The summed E-state index contributed by atoms with van der Waals surface area (Å²) >= 11 is 0. The molecular weight excluding hydrogens is 521 g/mol. The summed E-state index contributed by atoms with van der Waals surface area (Å²) in [6.07, 6.45) is 2.48. The Balaban J connectivity index is 0.00000363. The number of ether oxygens (including phenoxy) is 1. The Hall–Kier alpha value is -2.04. The third kappa shape index (κ3) is 7.25. The number of hydrogen-bond donors (Lipinski definition) is 1. The van der Waals surface area contributed by atoms with Crippen LogP contribution in [0, 0.1) is 0 Å². The van der Waals surface area contributed by atoms with Crippen molar-refractivity contribution < 1.29 is 14.3 Å². The van der Waals surface area contributed by atoms with E-state index in [1.54, 1.807) is 23.9 Å². The fraction of sp³-hybridized carbons (Fsp3) is 0.609. The molecule has 3 rings (SSSR count). The summed E-state index contributed by atoms with van der Waals surface area (Å²) in [5.74, 6) is 1.24. The number of amides is 2. The van der Waals surface area contributed by atoms with Gasteiger partial charge in [0.1, 0.15) is 6.54 Å². The Morgan fingerprint density at radius 1 is 1.09 bits per heavy atom. The molecule has 0 saturated carbocycles. The number of rotatable bonds is 5. The first-order valence-electron chi connectivity index (χ1n) is 11.2. The molecule has 0 bridgehead atoms. The van der Waals surface area contributed by atoms with E-state index < -0.39 is 0 Å². The number of guanidine groups is 1. The van der Waals surface area contributed by atoms with Crippen molar-refractivity contribution >= 4 is 41.9 Å². The minimum Gasteiger partial charge on any atom is -0.450 e. The summed E-state index contributed by atoms with van der Waals surface area (Å²) in [5, 5.41) is 3.58. The summed E-state index contributed by atoms with van der Waals surface area (Å²) in [5.41, 5.74) is 1.34. The normalized spacial score (nSPS) is 19.3. The van der Waals surface area contributed by atoms with Crippen LogP contribution in [0.5, 0.6) is 0 Å². The van der Waals surface area contributed by atoms with Crippen molar-refractivity contribution in [2.24, 2.45) is 4.99 Å². The first-order valence-corrected chi connectivity index (χ1v) is 11.2. The number of likely N-dealkylation sites (tertiary alicyclic amines) is 2. The lowest BCUT2D eigenvalue weighted by Crippen LogP contribution is -2.50. The van der Waals surface area contributed by atoms with Gasteiger partial charge in [0.25, 0.3) is 0 Å². The summed E-state index contributed by atoms with van der Waals surface area (Å²) in [4.78, 5) is 34.3. The third-order valence-electron chi connectivity index (χ3n) is 5.98. The maximum Gasteiger partial charge on any atom is 0.409 e. The van der Waals surface area contributed by atoms with Gasteiger partial charge in [-0.2, -0.15) is 0 Å². The molecule has 8 nitrogen and oxygen atoms in total. The Morgan fingerprint density at radius 3 is 2.38 bits per heavy atom. The van der Waals surface area contributed by atoms with E-state index in [4.69, 9.17) is 4.74 Å². The molecule has 2 aliphatic heterocycles. The van der Waals surface area contributed by atoms with Crippen LogP contribution in [-0.4, -0.2) is 92.1 Å². The second-order valence-corrected chi connectivity index (χ2v) is 8.37. The number of likely N-dealkylation sites (N-methyl/N-ethyl adjacent to an activating group) is 1. The fourth-order valence-corrected chi connectivity index (χ4v) is 4.07. The Bertz CT molecular complexity index is 766. The zero-order valence-corrected chi connectivity index (χ0v) is 21.7. The van der Waals surface area contributed by atoms with Crippen molar-refractivity contribution in [1.82, 2.24) is 20.0 Å². The molecule has 1 aromatic carbocycles. The highest BCUT2D eigenvalue weighted by molar-refractivity contribution is 14.0. The van der Waals surface area contributed by atoms with Crippen LogP contribution in [0.2, 0.25) is 0 Å². The molecule has 2 aliphatic rings. The van der Waals surface area contributed by atoms with Gasteiger partial charge in [-0.1, -0.05) is 30.3 Å². The van der Waals surface area contributed by atoms with E-state index in [-0.39, 0.29) is 48.6 Å². The lowest BCUT2D eigenvalue weighted by atomic mass is 9.99. The van der Waals surface area contributed by atoms with Crippen LogP contribution < -0.4 is 5.32 Å². The first kappa shape index (κ1) is 26.2. The number of nitrogens with zero attached hydrogens (tertiary/aromatic N) is 4. The highest BCUT2D eigenvalue weighted by Crippen LogP contribution is 2.27. The van der Waals surface area contributed by atoms with Gasteiger partial charge in [0.15, 0.2) is 5.96 Å². The smallest absolute Gasteiger partial charge is 0.409 e. The van der Waals surface area contributed by atoms with E-state index in [1.807, 2.05) is 13.0 Å². The first-order chi connectivity index (χ1) is 15.0. The van der Waals surface area contributed by atoms with Gasteiger partial charge in [-0.05, 0) is 31.7 Å². The van der Waals surface area contributed by atoms with Gasteiger partial charge in [-0.3, -0.25) is 4.79 Å². The summed E-state index contributed by atoms with van der Waals surface area (Å²) in [6.45, 7) is 5.45. The van der Waals surface area contributed by atoms with E-state index in [9.17, 15) is 9.59 Å². The van der Waals surface area contributed by atoms with Gasteiger partial charge in [0, 0.05) is 52.2 Å². The van der Waals surface area contributed by atoms with Crippen LogP contribution in [0.3, 0.4) is 0 Å². The molecule has 32 heavy (non-hydrogen) atoms. The lowest BCUT2D eigenvalue weighted by Gasteiger charge is -2.34. The molecule has 0 aromatic heterocycles. The number of aliphatic imine (C=N–C) groups is 1. The van der Waals surface area contributed by atoms with Crippen molar-refractivity contribution in [2.75, 3.05) is 53.4 Å². The number of carbonyl (C=O) groups excluding carboxylic acids is 2. The van der Waals surface area contributed by atoms with E-state index >= 15 is 0 Å². The van der Waals surface area contributed by atoms with Crippen molar-refractivity contribution in [2.45, 2.75) is 38.1 Å². The molecule has 2 heterocycles. The van der Waals surface area contributed by atoms with Crippen LogP contribution in [0.1, 0.15) is 37.7 Å². The number of carbonyl (C=O) groups is 2. The fourth-order valence-electron chi connectivity index (χ4n) is 4.07. The minimum absolute atomic E-state index is 0. The summed E-state index contributed by atoms with van der Waals surface area (Å²) in [7, 11) is 3.49. The second kappa shape index (κ2) is 12.9. The van der Waals surface area contributed by atoms with Gasteiger partial charge >= 0.3 is 6.09 Å². The maximum absolute atomic E-state index is 12.1. The molecule has 178 valence electrons. The average molecular weight is 557 g/mol. The maximum atomic E-state index is 12.1. The molecular formula is C23H36IN5O3. The zero-order chi connectivity index (χ0) is 22.2. The Kier molecular flexibility index (Phi) is 10.5. The second-order valence-electron chi connectivity index (χ2n) is 8.37. The molecule has 2 saturated heterocycles. The highest BCUT2D eigenvalue weighted by Gasteiger charge is 2.29. The van der Waals surface area contributed by atoms with E-state index in [0.29, 0.717) is 25.6 Å². The lowest BCUT2D eigenvalue weighted by molar-refractivity contribution is -0.127. The molecule has 1 N–H and O–H groups in total. The van der Waals surface area contributed by atoms with Crippen molar-refractivity contribution in [3.05, 3.63) is 35.9 Å². The van der Waals surface area contributed by atoms with E-state index in [2.05, 4.69) is 39.5 Å². The molecule has 2 amide bonds. The molecule has 1 aromatic rings. The van der Waals surface area contributed by atoms with Gasteiger partial charge in [-0.25, -0.2) is 9.79 Å². The molecule has 0 spiro atoms. The van der Waals surface area contributed by atoms with Crippen molar-refractivity contribution in [3.63, 3.8) is 0 Å². The molecule has 2 fully saturated rings. The molecule has 9 heteroatoms. The summed E-state index contributed by atoms with van der Waals surface area (Å²) < 4.78 is 5.11. The predicted molar refractivity (Wildman–Crippen MR) is 137 cm³/mol. The topological polar surface area (TPSA) is 77.5 Å². The molecule has 0 aliphatic carbocycles. The van der Waals surface area contributed by atoms with E-state index in [1.165, 1.54) is 5.56 Å². The number of piperidine rings is 1. The van der Waals surface area contributed by atoms with Crippen molar-refractivity contribution in [3.8, 4) is 0 Å². The van der Waals surface area contributed by atoms with Gasteiger partial charge in [0.2, 0.25) is 5.91 Å². The SMILES string of the molecule is CCOC(=O)N1CCC(NC(=NCC(=O)N(C)C)N2CCC(c3ccccc3)C2)CC1.I. The standard InChI is InChI=1S/C23H35N5O3.HI/c1-4-31-23(30)27-14-11-20(12-15-27)25-22(24-16-21(29)26(2)3)28-13-10-19(17-28)18-8-6-5-7-9-18;/h5-9,19-20H,4,10-17H2,1-3H3,(H,24,25);1H. The molecule has 0 radical (unpaired) electrons. The minimum atomic E-state index is -0.239. The third-order valence-corrected chi connectivity index (χ3v) is 5.98. The van der Waals surface area contributed by atoms with Gasteiger partial charge < -0.3 is 24.8 Å². The number of nitrogens with one attached hydrogen (secondary N) is 1. The molecule has 1 atom stereocenters. The van der Waals surface area contributed by atoms with Crippen LogP contribution in [-0.2, 0) is 9.53 Å². The zero-order valence-electron chi connectivity index (χ0n) is 19.3. The van der Waals surface area contributed by atoms with Crippen LogP contribution in [0.15, 0.2) is 35.3 Å². The average Bonchev–Trinajstić information content (AvgIpc) is 3.27. The van der Waals surface area contributed by atoms with E-state index in [0.717, 1.165) is 38.3 Å². The number of halogens is 1. The number of hydrogen-bond acceptors (Lipinski definition) is 4. The van der Waals surface area contributed by atoms with Crippen LogP contribution in [0.25, 0.3) is 0 Å². The monoisotopic (exact) mass is 557 g/mol. The quantitative estimate of drug-likeness (QED) is 0.343. The Morgan fingerprint density at radius 2 is 1.75 bits per heavy atom. The highest BCUT2D eigenvalue weighted by atomic mass is 127. The van der Waals surface area contributed by atoms with Gasteiger partial charge in [-0.15, -0.1) is 24.0 Å². The summed E-state index contributed by atoms with van der Waals surface area (Å²) in [6, 6.07) is 10.8. The predicted octanol–water partition coefficient (Wildman–Crippen LogP) is 2.75. The van der Waals surface area contributed by atoms with Crippen LogP contribution >= 0.6 is 24.0 Å². The largest absolute Gasteiger partial charge is 0.450 e. The van der Waals surface area contributed by atoms with Gasteiger partial charge in [0.05, 0.1) is 6.61 Å². The number of benzene rings is 1. The van der Waals surface area contributed by atoms with Crippen LogP contribution in [0.4, 0.5) is 4.79 Å². The molecule has 1 unspecified atom stereocenters.